The molecular formula is C28H28N6O3. The molecule has 0 fully saturated rings. The van der Waals surface area contributed by atoms with Crippen molar-refractivity contribution in [2.24, 2.45) is 11.6 Å². The lowest BCUT2D eigenvalue weighted by Crippen LogP contribution is -2.51. The van der Waals surface area contributed by atoms with E-state index in [0.29, 0.717) is 23.5 Å². The second-order valence-corrected chi connectivity index (χ2v) is 8.56. The van der Waals surface area contributed by atoms with Crippen molar-refractivity contribution in [2.75, 3.05) is 25.6 Å². The van der Waals surface area contributed by atoms with E-state index in [1.165, 1.54) is 28.1 Å². The van der Waals surface area contributed by atoms with Crippen molar-refractivity contribution < 1.29 is 14.3 Å². The third-order valence-corrected chi connectivity index (χ3v) is 5.89. The van der Waals surface area contributed by atoms with E-state index in [4.69, 9.17) is 16.3 Å². The van der Waals surface area contributed by atoms with Crippen LogP contribution in [0.15, 0.2) is 85.0 Å². The molecule has 4 rings (SSSR count). The minimum absolute atomic E-state index is 0.0250. The maximum absolute atomic E-state index is 13.3. The van der Waals surface area contributed by atoms with E-state index in [1.807, 2.05) is 48.5 Å². The first kappa shape index (κ1) is 25.3. The number of rotatable bonds is 5. The van der Waals surface area contributed by atoms with Gasteiger partial charge in [-0.1, -0.05) is 42.2 Å². The van der Waals surface area contributed by atoms with E-state index >= 15 is 0 Å². The number of likely N-dealkylation sites (N-methyl/N-ethyl adjacent to an activating group) is 2. The van der Waals surface area contributed by atoms with Gasteiger partial charge in [0.25, 0.3) is 11.8 Å². The average Bonchev–Trinajstić information content (AvgIpc) is 3.03. The molecule has 188 valence electrons. The van der Waals surface area contributed by atoms with Crippen molar-refractivity contribution in [1.82, 2.24) is 14.9 Å². The molecule has 3 aromatic rings. The monoisotopic (exact) mass is 496 g/mol. The largest absolute Gasteiger partial charge is 0.489 e. The number of fused-ring (bicyclic) bond motifs is 1. The molecule has 0 spiro atoms. The van der Waals surface area contributed by atoms with Crippen LogP contribution in [0.2, 0.25) is 0 Å². The fourth-order valence-corrected chi connectivity index (χ4v) is 3.84. The van der Waals surface area contributed by atoms with Gasteiger partial charge < -0.3 is 25.3 Å². The zero-order chi connectivity index (χ0) is 26.4. The second kappa shape index (κ2) is 11.3. The molecule has 0 aliphatic carbocycles. The Bertz CT molecular complexity index is 1360. The van der Waals surface area contributed by atoms with Crippen LogP contribution in [0, 0.1) is 11.8 Å². The maximum atomic E-state index is 13.3. The van der Waals surface area contributed by atoms with Crippen molar-refractivity contribution in [1.29, 1.82) is 0 Å². The molecule has 1 aromatic heterocycles. The first-order chi connectivity index (χ1) is 17.8. The number of nitrogens with two attached hydrogens (primary N) is 2. The summed E-state index contributed by atoms with van der Waals surface area (Å²) in [6.07, 6.45) is 4.72. The normalized spacial score (nSPS) is 15.0. The van der Waals surface area contributed by atoms with Crippen molar-refractivity contribution in [3.05, 3.63) is 102 Å². The number of hydrogen-bond donors (Lipinski definition) is 2. The SMILES string of the molecule is CN1C(=O)[C@@H](N(C)C(=O)/C(N)=C/N(N)Cc2ccccc2)COc2ccc(C#Cc3cccnc3)cc21. The number of hydrazine groups is 1. The molecular weight excluding hydrogens is 468 g/mol. The van der Waals surface area contributed by atoms with Gasteiger partial charge in [-0.05, 0) is 35.9 Å². The summed E-state index contributed by atoms with van der Waals surface area (Å²) in [5, 5.41) is 1.33. The van der Waals surface area contributed by atoms with Gasteiger partial charge in [0.05, 0.1) is 12.2 Å². The van der Waals surface area contributed by atoms with E-state index in [0.717, 1.165) is 11.1 Å². The van der Waals surface area contributed by atoms with Crippen LogP contribution in [-0.2, 0) is 16.1 Å². The fourth-order valence-electron chi connectivity index (χ4n) is 3.84. The van der Waals surface area contributed by atoms with E-state index < -0.39 is 11.9 Å². The molecule has 2 amide bonds. The summed E-state index contributed by atoms with van der Waals surface area (Å²) in [6, 6.07) is 17.7. The molecule has 9 nitrogen and oxygen atoms in total. The smallest absolute Gasteiger partial charge is 0.271 e. The van der Waals surface area contributed by atoms with E-state index in [2.05, 4.69) is 16.8 Å². The predicted octanol–water partition coefficient (Wildman–Crippen LogP) is 1.84. The van der Waals surface area contributed by atoms with Gasteiger partial charge in [0, 0.05) is 43.8 Å². The van der Waals surface area contributed by atoms with Crippen LogP contribution in [0.1, 0.15) is 16.7 Å². The predicted molar refractivity (Wildman–Crippen MR) is 141 cm³/mol. The van der Waals surface area contributed by atoms with Crippen molar-refractivity contribution in [3.8, 4) is 17.6 Å². The highest BCUT2D eigenvalue weighted by Gasteiger charge is 2.35. The number of nitrogens with zero attached hydrogens (tertiary/aromatic N) is 4. The zero-order valence-electron chi connectivity index (χ0n) is 20.7. The lowest BCUT2D eigenvalue weighted by molar-refractivity contribution is -0.135. The standard InChI is InChI=1S/C28H28N6O3/c1-32-24-15-20(10-11-21-9-6-14-31-16-21)12-13-26(24)37-19-25(28(32)36)33(2)27(35)23(29)18-34(30)17-22-7-4-3-5-8-22/h3-9,12-16,18,25H,17,19,29-30H2,1-2H3/b23-18-/t25-/m0/s1. The van der Waals surface area contributed by atoms with Gasteiger partial charge >= 0.3 is 0 Å². The fraction of sp³-hybridized carbons (Fsp3) is 0.179. The highest BCUT2D eigenvalue weighted by molar-refractivity contribution is 6.02. The Labute approximate surface area is 215 Å². The molecule has 1 aliphatic rings. The molecule has 2 aromatic carbocycles. The number of pyridine rings is 1. The molecule has 9 heteroatoms. The number of carbonyl (C=O) groups is 2. The van der Waals surface area contributed by atoms with Crippen LogP contribution in [0.5, 0.6) is 5.75 Å². The Morgan fingerprint density at radius 3 is 2.65 bits per heavy atom. The van der Waals surface area contributed by atoms with Gasteiger partial charge in [0.2, 0.25) is 0 Å². The number of anilines is 1. The highest BCUT2D eigenvalue weighted by Crippen LogP contribution is 2.32. The number of ether oxygens (including phenoxy) is 1. The summed E-state index contributed by atoms with van der Waals surface area (Å²) in [6.45, 7) is 0.344. The Kier molecular flexibility index (Phi) is 7.71. The molecule has 1 aliphatic heterocycles. The molecule has 1 atom stereocenters. The Balaban J connectivity index is 1.47. The Morgan fingerprint density at radius 1 is 1.16 bits per heavy atom. The van der Waals surface area contributed by atoms with Gasteiger partial charge in [0.15, 0.2) is 0 Å². The molecule has 37 heavy (non-hydrogen) atoms. The van der Waals surface area contributed by atoms with E-state index in [1.54, 1.807) is 31.6 Å². The van der Waals surface area contributed by atoms with Crippen molar-refractivity contribution in [3.63, 3.8) is 0 Å². The quantitative estimate of drug-likeness (QED) is 0.240. The van der Waals surface area contributed by atoms with Crippen LogP contribution >= 0.6 is 0 Å². The van der Waals surface area contributed by atoms with Crippen LogP contribution in [0.25, 0.3) is 0 Å². The Hall–Kier alpha value is -4.81. The third-order valence-electron chi connectivity index (χ3n) is 5.89. The van der Waals surface area contributed by atoms with Gasteiger partial charge in [-0.15, -0.1) is 0 Å². The molecule has 0 saturated heterocycles. The number of hydrogen-bond acceptors (Lipinski definition) is 7. The molecule has 4 N–H and O–H groups in total. The van der Waals surface area contributed by atoms with Gasteiger partial charge in [-0.3, -0.25) is 14.6 Å². The van der Waals surface area contributed by atoms with Gasteiger partial charge in [0.1, 0.15) is 24.1 Å². The van der Waals surface area contributed by atoms with Crippen LogP contribution < -0.4 is 21.2 Å². The molecule has 0 saturated carbocycles. The van der Waals surface area contributed by atoms with Crippen molar-refractivity contribution in [2.45, 2.75) is 12.6 Å². The molecule has 0 unspecified atom stereocenters. The number of carbonyl (C=O) groups excluding carboxylic acids is 2. The van der Waals surface area contributed by atoms with Crippen LogP contribution in [-0.4, -0.2) is 53.5 Å². The summed E-state index contributed by atoms with van der Waals surface area (Å²) in [5.41, 5.74) is 8.97. The molecule has 0 radical (unpaired) electrons. The minimum atomic E-state index is -0.887. The summed E-state index contributed by atoms with van der Waals surface area (Å²) in [5.74, 6) is 11.8. The Morgan fingerprint density at radius 2 is 1.92 bits per heavy atom. The van der Waals surface area contributed by atoms with Crippen LogP contribution in [0.3, 0.4) is 0 Å². The van der Waals surface area contributed by atoms with Gasteiger partial charge in [-0.2, -0.15) is 0 Å². The second-order valence-electron chi connectivity index (χ2n) is 8.56. The highest BCUT2D eigenvalue weighted by atomic mass is 16.5. The van der Waals surface area contributed by atoms with E-state index in [-0.39, 0.29) is 18.2 Å². The lowest BCUT2D eigenvalue weighted by atomic mass is 10.1. The third kappa shape index (κ3) is 6.07. The minimum Gasteiger partial charge on any atom is -0.489 e. The number of aromatic nitrogens is 1. The zero-order valence-corrected chi connectivity index (χ0v) is 20.7. The summed E-state index contributed by atoms with van der Waals surface area (Å²) in [4.78, 5) is 33.2. The maximum Gasteiger partial charge on any atom is 0.271 e. The first-order valence-corrected chi connectivity index (χ1v) is 11.6. The molecule has 0 bridgehead atoms. The molecule has 2 heterocycles. The topological polar surface area (TPSA) is 118 Å². The summed E-state index contributed by atoms with van der Waals surface area (Å²) < 4.78 is 5.92. The first-order valence-electron chi connectivity index (χ1n) is 11.6. The summed E-state index contributed by atoms with van der Waals surface area (Å²) in [7, 11) is 3.15. The average molecular weight is 497 g/mol. The summed E-state index contributed by atoms with van der Waals surface area (Å²) >= 11 is 0. The van der Waals surface area contributed by atoms with E-state index in [9.17, 15) is 9.59 Å². The van der Waals surface area contributed by atoms with Crippen LogP contribution in [0.4, 0.5) is 5.69 Å². The van der Waals surface area contributed by atoms with Gasteiger partial charge in [-0.25, -0.2) is 5.84 Å². The lowest BCUT2D eigenvalue weighted by Gasteiger charge is -2.28. The number of benzene rings is 2. The van der Waals surface area contributed by atoms with Crippen molar-refractivity contribution >= 4 is 17.5 Å². The number of amides is 2.